The number of benzene rings is 1. The van der Waals surface area contributed by atoms with Crippen LogP contribution in [0, 0.1) is 0 Å². The molecule has 1 saturated carbocycles. The Balaban J connectivity index is 1.96. The maximum atomic E-state index is 10.6. The summed E-state index contributed by atoms with van der Waals surface area (Å²) < 4.78 is 10.6. The van der Waals surface area contributed by atoms with E-state index in [1.54, 1.807) is 0 Å². The summed E-state index contributed by atoms with van der Waals surface area (Å²) in [5.74, 6) is 1.62. The largest absolute Gasteiger partial charge is 0.454 e. The summed E-state index contributed by atoms with van der Waals surface area (Å²) in [6.45, 7) is 0.305. The minimum atomic E-state index is 0.0999. The highest BCUT2D eigenvalue weighted by Crippen LogP contribution is 2.52. The second-order valence-electron chi connectivity index (χ2n) is 4.22. The quantitative estimate of drug-likeness (QED) is 0.707. The van der Waals surface area contributed by atoms with E-state index in [-0.39, 0.29) is 5.41 Å². The van der Waals surface area contributed by atoms with E-state index in [0.29, 0.717) is 13.2 Å². The summed E-state index contributed by atoms with van der Waals surface area (Å²) in [4.78, 5) is 10.6. The molecule has 1 aromatic carbocycles. The number of hydrogen-bond donors (Lipinski definition) is 0. The zero-order valence-corrected chi connectivity index (χ0v) is 8.36. The van der Waals surface area contributed by atoms with Crippen LogP contribution >= 0.6 is 0 Å². The van der Waals surface area contributed by atoms with E-state index < -0.39 is 0 Å². The molecule has 0 N–H and O–H groups in total. The van der Waals surface area contributed by atoms with E-state index in [0.717, 1.165) is 30.6 Å². The Morgan fingerprint density at radius 2 is 2.07 bits per heavy atom. The molecule has 1 aliphatic heterocycles. The molecular weight excluding hydrogens is 192 g/mol. The second kappa shape index (κ2) is 2.99. The number of carbonyl (C=O) groups excluding carboxylic acids is 1. The molecule has 0 aromatic heterocycles. The highest BCUT2D eigenvalue weighted by Gasteiger charge is 2.44. The molecule has 0 atom stereocenters. The number of ether oxygens (including phenoxy) is 2. The molecule has 0 amide bonds. The molecule has 1 heterocycles. The van der Waals surface area contributed by atoms with Crippen molar-refractivity contribution in [2.45, 2.75) is 24.7 Å². The zero-order chi connectivity index (χ0) is 10.3. The lowest BCUT2D eigenvalue weighted by atomic mass is 9.93. The van der Waals surface area contributed by atoms with Crippen molar-refractivity contribution >= 4 is 6.29 Å². The lowest BCUT2D eigenvalue weighted by Crippen LogP contribution is -2.06. The first-order valence-corrected chi connectivity index (χ1v) is 5.18. The first-order valence-electron chi connectivity index (χ1n) is 5.18. The van der Waals surface area contributed by atoms with Gasteiger partial charge in [-0.3, -0.25) is 0 Å². The predicted octanol–water partition coefficient (Wildman–Crippen LogP) is 2.04. The topological polar surface area (TPSA) is 35.5 Å². The Labute approximate surface area is 88.0 Å². The molecule has 0 bridgehead atoms. The SMILES string of the molecule is O=CCC1(c2ccc3c(c2)OCO3)CC1. The summed E-state index contributed by atoms with van der Waals surface area (Å²) >= 11 is 0. The van der Waals surface area contributed by atoms with Gasteiger partial charge in [0.05, 0.1) is 0 Å². The van der Waals surface area contributed by atoms with Gasteiger partial charge in [0, 0.05) is 11.8 Å². The normalized spacial score (nSPS) is 20.0. The van der Waals surface area contributed by atoms with Gasteiger partial charge in [0.1, 0.15) is 6.29 Å². The summed E-state index contributed by atoms with van der Waals surface area (Å²) in [5.41, 5.74) is 1.31. The Morgan fingerprint density at radius 1 is 1.27 bits per heavy atom. The lowest BCUT2D eigenvalue weighted by molar-refractivity contribution is -0.108. The van der Waals surface area contributed by atoms with Gasteiger partial charge in [0.2, 0.25) is 6.79 Å². The molecule has 1 fully saturated rings. The monoisotopic (exact) mass is 204 g/mol. The molecule has 78 valence electrons. The van der Waals surface area contributed by atoms with Crippen molar-refractivity contribution in [3.05, 3.63) is 23.8 Å². The molecule has 15 heavy (non-hydrogen) atoms. The van der Waals surface area contributed by atoms with Gasteiger partial charge in [-0.1, -0.05) is 6.07 Å². The van der Waals surface area contributed by atoms with E-state index in [9.17, 15) is 4.79 Å². The van der Waals surface area contributed by atoms with Gasteiger partial charge in [-0.2, -0.15) is 0 Å². The third-order valence-electron chi connectivity index (χ3n) is 3.31. The Hall–Kier alpha value is -1.51. The van der Waals surface area contributed by atoms with Crippen molar-refractivity contribution in [3.63, 3.8) is 0 Å². The highest BCUT2D eigenvalue weighted by molar-refractivity contribution is 5.57. The van der Waals surface area contributed by atoms with Crippen molar-refractivity contribution in [3.8, 4) is 11.5 Å². The number of aldehydes is 1. The molecule has 0 saturated heterocycles. The zero-order valence-electron chi connectivity index (χ0n) is 8.36. The van der Waals surface area contributed by atoms with Crippen LogP contribution in [0.5, 0.6) is 11.5 Å². The fraction of sp³-hybridized carbons (Fsp3) is 0.417. The molecule has 0 spiro atoms. The van der Waals surface area contributed by atoms with E-state index >= 15 is 0 Å². The van der Waals surface area contributed by atoms with Crippen LogP contribution in [-0.4, -0.2) is 13.1 Å². The summed E-state index contributed by atoms with van der Waals surface area (Å²) in [7, 11) is 0. The van der Waals surface area contributed by atoms with Gasteiger partial charge in [0.25, 0.3) is 0 Å². The summed E-state index contributed by atoms with van der Waals surface area (Å²) in [6.07, 6.45) is 3.83. The van der Waals surface area contributed by atoms with Crippen molar-refractivity contribution in [2.75, 3.05) is 6.79 Å². The second-order valence-corrected chi connectivity index (χ2v) is 4.22. The molecular formula is C12H12O3. The van der Waals surface area contributed by atoms with E-state index in [2.05, 4.69) is 0 Å². The van der Waals surface area contributed by atoms with Crippen LogP contribution in [-0.2, 0) is 10.2 Å². The Bertz CT molecular complexity index is 407. The molecule has 3 rings (SSSR count). The standard InChI is InChI=1S/C12H12O3/c13-6-5-12(3-4-12)9-1-2-10-11(7-9)15-8-14-10/h1-2,6-7H,3-5,8H2. The van der Waals surface area contributed by atoms with Crippen LogP contribution in [0.4, 0.5) is 0 Å². The fourth-order valence-electron chi connectivity index (χ4n) is 2.15. The van der Waals surface area contributed by atoms with Crippen LogP contribution < -0.4 is 9.47 Å². The first kappa shape index (κ1) is 8.77. The number of rotatable bonds is 3. The minimum Gasteiger partial charge on any atom is -0.454 e. The molecule has 0 unspecified atom stereocenters. The van der Waals surface area contributed by atoms with Crippen LogP contribution in [0.3, 0.4) is 0 Å². The van der Waals surface area contributed by atoms with Crippen molar-refractivity contribution < 1.29 is 14.3 Å². The Kier molecular flexibility index (Phi) is 1.75. The Morgan fingerprint density at radius 3 is 2.80 bits per heavy atom. The van der Waals surface area contributed by atoms with Gasteiger partial charge < -0.3 is 14.3 Å². The lowest BCUT2D eigenvalue weighted by Gasteiger charge is -2.12. The van der Waals surface area contributed by atoms with E-state index in [4.69, 9.17) is 9.47 Å². The first-order chi connectivity index (χ1) is 7.34. The molecule has 3 nitrogen and oxygen atoms in total. The van der Waals surface area contributed by atoms with Crippen LogP contribution in [0.25, 0.3) is 0 Å². The molecule has 1 aliphatic carbocycles. The van der Waals surface area contributed by atoms with Crippen molar-refractivity contribution in [1.82, 2.24) is 0 Å². The van der Waals surface area contributed by atoms with Gasteiger partial charge in [-0.15, -0.1) is 0 Å². The molecule has 1 aromatic rings. The average Bonchev–Trinajstić information content (AvgIpc) is 2.89. The number of fused-ring (bicyclic) bond motifs is 1. The highest BCUT2D eigenvalue weighted by atomic mass is 16.7. The predicted molar refractivity (Wildman–Crippen MR) is 54.2 cm³/mol. The van der Waals surface area contributed by atoms with Crippen LogP contribution in [0.15, 0.2) is 18.2 Å². The molecule has 2 aliphatic rings. The summed E-state index contributed by atoms with van der Waals surface area (Å²) in [5, 5.41) is 0. The van der Waals surface area contributed by atoms with Crippen molar-refractivity contribution in [2.24, 2.45) is 0 Å². The average molecular weight is 204 g/mol. The third-order valence-corrected chi connectivity index (χ3v) is 3.31. The van der Waals surface area contributed by atoms with Gasteiger partial charge in [-0.25, -0.2) is 0 Å². The fourth-order valence-corrected chi connectivity index (χ4v) is 2.15. The van der Waals surface area contributed by atoms with E-state index in [1.807, 2.05) is 18.2 Å². The maximum Gasteiger partial charge on any atom is 0.231 e. The third kappa shape index (κ3) is 1.30. The maximum absolute atomic E-state index is 10.6. The van der Waals surface area contributed by atoms with Gasteiger partial charge in [0.15, 0.2) is 11.5 Å². The molecule has 3 heteroatoms. The van der Waals surface area contributed by atoms with Crippen LogP contribution in [0.1, 0.15) is 24.8 Å². The van der Waals surface area contributed by atoms with Gasteiger partial charge in [-0.05, 0) is 30.5 Å². The van der Waals surface area contributed by atoms with Crippen molar-refractivity contribution in [1.29, 1.82) is 0 Å². The van der Waals surface area contributed by atoms with Crippen LogP contribution in [0.2, 0.25) is 0 Å². The minimum absolute atomic E-state index is 0.0999. The summed E-state index contributed by atoms with van der Waals surface area (Å²) in [6, 6.07) is 5.99. The molecule has 0 radical (unpaired) electrons. The smallest absolute Gasteiger partial charge is 0.231 e. The number of hydrogen-bond acceptors (Lipinski definition) is 3. The van der Waals surface area contributed by atoms with Gasteiger partial charge >= 0.3 is 0 Å². The van der Waals surface area contributed by atoms with E-state index in [1.165, 1.54) is 5.56 Å². The number of carbonyl (C=O) groups is 1.